The van der Waals surface area contributed by atoms with Gasteiger partial charge in [0.15, 0.2) is 0 Å². The lowest BCUT2D eigenvalue weighted by molar-refractivity contribution is -0.142. The number of nitrogens with one attached hydrogen (secondary N) is 6. The van der Waals surface area contributed by atoms with Gasteiger partial charge < -0.3 is 77.9 Å². The van der Waals surface area contributed by atoms with Crippen LogP contribution in [-0.2, 0) is 189 Å². The Balaban J connectivity index is 1.36. The number of methoxy groups -OCH3 is 10. The number of aromatic nitrogens is 4. The van der Waals surface area contributed by atoms with E-state index in [1.165, 1.54) is 71.1 Å². The molecule has 30 heteroatoms. The lowest BCUT2D eigenvalue weighted by Crippen LogP contribution is -2.30. The Morgan fingerprint density at radius 1 is 0.396 bits per heavy atom. The number of nitrogens with zero attached hydrogens (tertiary/aromatic N) is 2. The van der Waals surface area contributed by atoms with Crippen molar-refractivity contribution < 1.29 is 105 Å². The minimum atomic E-state index is -0.714. The second kappa shape index (κ2) is 35.4. The smallest absolute Gasteiger partial charge is 0.310 e. The Labute approximate surface area is 581 Å². The third kappa shape index (κ3) is 19.0. The maximum absolute atomic E-state index is 13.8. The molecule has 4 aliphatic heterocycles. The highest BCUT2D eigenvalue weighted by Gasteiger charge is 2.40. The van der Waals surface area contributed by atoms with Gasteiger partial charge >= 0.3 is 59.7 Å². The first-order chi connectivity index (χ1) is 48.5. The molecule has 0 spiro atoms. The van der Waals surface area contributed by atoms with Gasteiger partial charge in [0, 0.05) is 127 Å². The van der Waals surface area contributed by atoms with E-state index in [2.05, 4.69) is 30.6 Å². The van der Waals surface area contributed by atoms with Crippen LogP contribution in [0, 0.1) is 11.8 Å². The number of allylic oxidation sites excluding steroid dienone is 2. The molecule has 30 nitrogen and oxygen atoms in total. The van der Waals surface area contributed by atoms with E-state index in [1.54, 1.807) is 12.2 Å². The van der Waals surface area contributed by atoms with Gasteiger partial charge in [0.2, 0.25) is 11.8 Å². The Morgan fingerprint density at radius 3 is 1.26 bits per heavy atom. The lowest BCUT2D eigenvalue weighted by atomic mass is 9.81. The van der Waals surface area contributed by atoms with Gasteiger partial charge in [-0.05, 0) is 106 Å². The first-order valence-electron chi connectivity index (χ1n) is 32.9. The topological polar surface area (TPSA) is 409 Å². The summed E-state index contributed by atoms with van der Waals surface area (Å²) >= 11 is 0. The average Bonchev–Trinajstić information content (AvgIpc) is 1.63. The molecule has 0 saturated heterocycles. The van der Waals surface area contributed by atoms with E-state index in [4.69, 9.17) is 57.4 Å². The molecule has 0 fully saturated rings. The minimum absolute atomic E-state index is 0.00651. The summed E-state index contributed by atoms with van der Waals surface area (Å²) in [5.41, 5.74) is 10.9. The van der Waals surface area contributed by atoms with Crippen molar-refractivity contribution in [3.05, 3.63) is 113 Å². The molecule has 0 radical (unpaired) electrons. The highest BCUT2D eigenvalue weighted by Crippen LogP contribution is 2.42. The minimum Gasteiger partial charge on any atom is -0.469 e. The van der Waals surface area contributed by atoms with Gasteiger partial charge in [-0.15, -0.1) is 0 Å². The van der Waals surface area contributed by atoms with E-state index < -0.39 is 77.9 Å². The summed E-state index contributed by atoms with van der Waals surface area (Å²) < 4.78 is 51.5. The van der Waals surface area contributed by atoms with Crippen LogP contribution in [0.25, 0.3) is 12.2 Å². The number of H-pyrrole nitrogens is 4. The second-order valence-electron chi connectivity index (χ2n) is 24.4. The molecule has 4 aromatic heterocycles. The Bertz CT molecular complexity index is 4070. The number of aromatic amines is 4. The number of ether oxygens (including phenoxy) is 10. The van der Waals surface area contributed by atoms with Crippen LogP contribution in [0.3, 0.4) is 0 Å². The molecular weight excluding hydrogens is 1320 g/mol. The number of carbonyl (C=O) groups is 12. The van der Waals surface area contributed by atoms with E-state index in [9.17, 15) is 57.5 Å². The molecule has 8 rings (SSSR count). The van der Waals surface area contributed by atoms with Crippen LogP contribution in [0.5, 0.6) is 0 Å². The molecule has 8 heterocycles. The summed E-state index contributed by atoms with van der Waals surface area (Å²) in [6.45, 7) is 0.380. The average molecular weight is 1400 g/mol. The van der Waals surface area contributed by atoms with Crippen molar-refractivity contribution in [2.24, 2.45) is 21.8 Å². The zero-order valence-corrected chi connectivity index (χ0v) is 58.4. The number of hydrogen-bond donors (Lipinski definition) is 6. The van der Waals surface area contributed by atoms with E-state index in [0.717, 1.165) is 22.5 Å². The van der Waals surface area contributed by atoms with Gasteiger partial charge in [-0.2, -0.15) is 0 Å². The molecule has 4 aliphatic rings. The van der Waals surface area contributed by atoms with Crippen LogP contribution in [0.4, 0.5) is 0 Å². The van der Waals surface area contributed by atoms with Crippen molar-refractivity contribution in [1.82, 2.24) is 30.6 Å². The fourth-order valence-electron chi connectivity index (χ4n) is 13.5. The summed E-state index contributed by atoms with van der Waals surface area (Å²) in [5, 5.41) is 5.70. The molecular formula is C71H86N8O22. The van der Waals surface area contributed by atoms with E-state index >= 15 is 0 Å². The Morgan fingerprint density at radius 2 is 0.792 bits per heavy atom. The summed E-state index contributed by atoms with van der Waals surface area (Å²) in [6.07, 6.45) is 1.92. The van der Waals surface area contributed by atoms with Gasteiger partial charge in [0.25, 0.3) is 0 Å². The molecule has 0 saturated carbocycles. The first-order valence-corrected chi connectivity index (χ1v) is 32.9. The Kier molecular flexibility index (Phi) is 26.7. The molecule has 4 aromatic rings. The normalized spacial score (nSPS) is 16.1. The lowest BCUT2D eigenvalue weighted by Gasteiger charge is -2.21. The van der Waals surface area contributed by atoms with Gasteiger partial charge in [-0.1, -0.05) is 0 Å². The summed E-state index contributed by atoms with van der Waals surface area (Å²) in [7, 11) is 12.4. The maximum Gasteiger partial charge on any atom is 0.310 e. The van der Waals surface area contributed by atoms with Crippen molar-refractivity contribution in [1.29, 1.82) is 0 Å². The van der Waals surface area contributed by atoms with Crippen molar-refractivity contribution in [3.8, 4) is 0 Å². The van der Waals surface area contributed by atoms with E-state index in [1.807, 2.05) is 0 Å². The van der Waals surface area contributed by atoms with Crippen LogP contribution in [0.2, 0.25) is 0 Å². The summed E-state index contributed by atoms with van der Waals surface area (Å²) in [4.78, 5) is 183. The molecule has 0 bridgehead atoms. The number of fused-ring (bicyclic) bond motifs is 2. The maximum atomic E-state index is 13.8. The zero-order valence-electron chi connectivity index (χ0n) is 58.4. The molecule has 542 valence electrons. The zero-order chi connectivity index (χ0) is 73.2. The molecule has 2 unspecified atom stereocenters. The fraction of sp³-hybridized carbons (Fsp3) is 0.493. The SMILES string of the molecule is COC(=O)CCC1=C(CC(=O)OC)C(Cc2[nH]c(/C=C3/N=C(Cc4[nH]c5c(c4CCC(=O)OC)CC(=O)NC5)C(CC(=O)OC)C3CCC(=O)OC)c(CCC(=O)OC)c2CC(=O)OC)=N/C1=C/c1[nH]c(Cc2[nH]c3c(c2CCC(=O)OC)CC(=O)NC3)c(CC(=O)OC)c1CCC(=O)OC. The van der Waals surface area contributed by atoms with Crippen LogP contribution < -0.4 is 10.6 Å². The van der Waals surface area contributed by atoms with Crippen LogP contribution in [0.1, 0.15) is 154 Å². The highest BCUT2D eigenvalue weighted by molar-refractivity contribution is 6.09. The van der Waals surface area contributed by atoms with E-state index in [0.29, 0.717) is 90.1 Å². The second-order valence-corrected chi connectivity index (χ2v) is 24.4. The van der Waals surface area contributed by atoms with E-state index in [-0.39, 0.29) is 165 Å². The number of amides is 2. The monoisotopic (exact) mass is 1400 g/mol. The largest absolute Gasteiger partial charge is 0.469 e. The Hall–Kier alpha value is -10.7. The molecule has 0 aromatic carbocycles. The highest BCUT2D eigenvalue weighted by atomic mass is 16.6. The number of esters is 10. The number of carbonyl (C=O) groups excluding carboxylic acids is 12. The predicted octanol–water partition coefficient (Wildman–Crippen LogP) is 4.43. The first kappa shape index (κ1) is 76.1. The fourth-order valence-corrected chi connectivity index (χ4v) is 13.5. The quantitative estimate of drug-likeness (QED) is 0.0278. The predicted molar refractivity (Wildman–Crippen MR) is 358 cm³/mol. The third-order valence-electron chi connectivity index (χ3n) is 18.7. The third-order valence-corrected chi connectivity index (χ3v) is 18.7. The summed E-state index contributed by atoms with van der Waals surface area (Å²) in [5.74, 6) is -7.69. The molecule has 2 amide bonds. The van der Waals surface area contributed by atoms with Crippen LogP contribution >= 0.6 is 0 Å². The molecule has 6 N–H and O–H groups in total. The summed E-state index contributed by atoms with van der Waals surface area (Å²) in [6, 6.07) is 0. The number of rotatable bonds is 34. The van der Waals surface area contributed by atoms with Crippen molar-refractivity contribution in [2.45, 2.75) is 148 Å². The standard InChI is InChI=1S/C71H86N8O22/c1-92-62(82)17-11-36-42-23-60(80)72-34-58(42)78-52(36)31-54-44(25-68(88)98-7)38(13-19-64(84)94-3)48(74-54)29-50-40(15-21-66(86)96-5)46(27-70(90)100-9)56(76-50)33-57-47(28-71(91)101-10)41(16-22-67(87)97-6)51(77-57)30-49-39(14-20-65(85)95-4)45(26-69(89)99-8)55(75-49)32-53-37(12-18-63(83)93-2)43-24-61(81)73-35-59(43)79-53/h29-30,38,44,75-76,78-79H,11-28,31-35H2,1-10H3,(H,72,80)(H,73,81)/b48-29+,51-30+. The van der Waals surface area contributed by atoms with Gasteiger partial charge in [-0.3, -0.25) is 67.5 Å². The van der Waals surface area contributed by atoms with Crippen LogP contribution in [-0.4, -0.2) is 174 Å². The van der Waals surface area contributed by atoms with Gasteiger partial charge in [0.05, 0.1) is 134 Å². The van der Waals surface area contributed by atoms with Crippen LogP contribution in [0.15, 0.2) is 32.5 Å². The van der Waals surface area contributed by atoms with Gasteiger partial charge in [-0.25, -0.2) is 0 Å². The number of hydrogen-bond acceptors (Lipinski definition) is 24. The van der Waals surface area contributed by atoms with Crippen molar-refractivity contribution in [2.75, 3.05) is 71.1 Å². The molecule has 0 aliphatic carbocycles. The molecule has 2 atom stereocenters. The van der Waals surface area contributed by atoms with Crippen molar-refractivity contribution >= 4 is 95.1 Å². The van der Waals surface area contributed by atoms with Gasteiger partial charge in [0.1, 0.15) is 0 Å². The number of aliphatic imine (C=N–C) groups is 2. The molecule has 101 heavy (non-hydrogen) atoms. The van der Waals surface area contributed by atoms with Crippen molar-refractivity contribution in [3.63, 3.8) is 0 Å².